The van der Waals surface area contributed by atoms with E-state index >= 15 is 0 Å². The predicted molar refractivity (Wildman–Crippen MR) is 133 cm³/mol. The number of halogens is 1. The molecule has 176 valence electrons. The zero-order valence-electron chi connectivity index (χ0n) is 19.1. The van der Waals surface area contributed by atoms with Crippen molar-refractivity contribution in [1.82, 2.24) is 20.2 Å². The zero-order valence-corrected chi connectivity index (χ0v) is 19.9. The Labute approximate surface area is 205 Å². The number of nitrogens with one attached hydrogen (secondary N) is 1. The molecule has 4 aromatic rings. The highest BCUT2D eigenvalue weighted by atomic mass is 32.1. The number of pyridine rings is 1. The molecule has 2 aliphatic rings. The van der Waals surface area contributed by atoms with Crippen molar-refractivity contribution < 1.29 is 14.0 Å². The van der Waals surface area contributed by atoms with Gasteiger partial charge in [-0.1, -0.05) is 18.2 Å². The van der Waals surface area contributed by atoms with Crippen LogP contribution in [0.1, 0.15) is 32.3 Å². The van der Waals surface area contributed by atoms with Crippen LogP contribution in [-0.4, -0.2) is 45.8 Å². The van der Waals surface area contributed by atoms with Gasteiger partial charge < -0.3 is 10.2 Å². The third kappa shape index (κ3) is 4.08. The highest BCUT2D eigenvalue weighted by molar-refractivity contribution is 7.15. The Morgan fingerprint density at radius 2 is 2.06 bits per heavy atom. The number of carbonyl (C=O) groups excluding carboxylic acids is 2. The summed E-state index contributed by atoms with van der Waals surface area (Å²) in [5.41, 5.74) is 2.42. The van der Waals surface area contributed by atoms with E-state index in [-0.39, 0.29) is 23.7 Å². The summed E-state index contributed by atoms with van der Waals surface area (Å²) in [7, 11) is 0. The number of fused-ring (bicyclic) bond motifs is 2. The summed E-state index contributed by atoms with van der Waals surface area (Å²) in [6.45, 7) is 2.89. The van der Waals surface area contributed by atoms with Crippen molar-refractivity contribution >= 4 is 34.1 Å². The lowest BCUT2D eigenvalue weighted by atomic mass is 10.1. The van der Waals surface area contributed by atoms with Crippen LogP contribution in [-0.2, 0) is 0 Å². The molecule has 6 rings (SSSR count). The van der Waals surface area contributed by atoms with Crippen LogP contribution >= 0.6 is 11.3 Å². The number of likely N-dealkylation sites (tertiary alicyclic amines) is 1. The number of hydrogen-bond donors (Lipinski definition) is 1. The Bertz CT molecular complexity index is 1470. The highest BCUT2D eigenvalue weighted by Gasteiger charge is 2.54. The molecular weight excluding hydrogens is 463 g/mol. The maximum Gasteiger partial charge on any atom is 0.274 e. The largest absolute Gasteiger partial charge is 0.350 e. The lowest BCUT2D eigenvalue weighted by molar-refractivity contribution is 0.0690. The molecule has 2 aromatic carbocycles. The number of rotatable bonds is 5. The molecular formula is C27H23FN4O2S. The summed E-state index contributed by atoms with van der Waals surface area (Å²) in [4.78, 5) is 37.9. The molecule has 1 aliphatic heterocycles. The van der Waals surface area contributed by atoms with Gasteiger partial charge in [-0.3, -0.25) is 14.6 Å². The smallest absolute Gasteiger partial charge is 0.274 e. The topological polar surface area (TPSA) is 75.2 Å². The minimum atomic E-state index is -0.348. The number of carbonyl (C=O) groups is 2. The number of thiazole rings is 1. The van der Waals surface area contributed by atoms with Crippen molar-refractivity contribution in [2.75, 3.05) is 13.1 Å². The lowest BCUT2D eigenvalue weighted by Crippen LogP contribution is -2.45. The lowest BCUT2D eigenvalue weighted by Gasteiger charge is -2.27. The van der Waals surface area contributed by atoms with Gasteiger partial charge in [0.15, 0.2) is 0 Å². The van der Waals surface area contributed by atoms with E-state index in [1.807, 2.05) is 36.1 Å². The van der Waals surface area contributed by atoms with E-state index in [2.05, 4.69) is 15.3 Å². The number of hydrogen-bond acceptors (Lipinski definition) is 5. The van der Waals surface area contributed by atoms with Crippen LogP contribution in [0.2, 0.25) is 0 Å². The molecule has 35 heavy (non-hydrogen) atoms. The van der Waals surface area contributed by atoms with E-state index in [0.717, 1.165) is 22.3 Å². The standard InChI is InChI=1S/C27H23FN4O2S/c1-15-31-24(25(35-15)17-4-2-6-20(28)11-17)27(34)32-14-19-12-21(19)23(32)13-30-26(33)18-7-8-22-16(10-18)5-3-9-29-22/h2-11,19,21,23H,12-14H2,1H3,(H,30,33)/t19-,21-,23-/m1/s1. The monoisotopic (exact) mass is 486 g/mol. The first-order valence-corrected chi connectivity index (χ1v) is 12.5. The number of amides is 2. The molecule has 1 aliphatic carbocycles. The second-order valence-electron chi connectivity index (χ2n) is 9.23. The third-order valence-electron chi connectivity index (χ3n) is 6.92. The molecule has 3 heterocycles. The zero-order chi connectivity index (χ0) is 24.1. The number of nitrogens with zero attached hydrogens (tertiary/aromatic N) is 3. The first kappa shape index (κ1) is 21.9. The molecule has 0 spiro atoms. The molecule has 1 saturated heterocycles. The molecule has 8 heteroatoms. The van der Waals surface area contributed by atoms with Crippen molar-refractivity contribution in [3.8, 4) is 10.4 Å². The van der Waals surface area contributed by atoms with Crippen LogP contribution in [0.25, 0.3) is 21.3 Å². The van der Waals surface area contributed by atoms with Crippen molar-refractivity contribution in [2.45, 2.75) is 19.4 Å². The van der Waals surface area contributed by atoms with Crippen LogP contribution in [0.4, 0.5) is 4.39 Å². The van der Waals surface area contributed by atoms with Gasteiger partial charge in [-0.25, -0.2) is 9.37 Å². The van der Waals surface area contributed by atoms with Gasteiger partial charge in [0.1, 0.15) is 11.5 Å². The van der Waals surface area contributed by atoms with Crippen LogP contribution in [0.3, 0.4) is 0 Å². The van der Waals surface area contributed by atoms with E-state index < -0.39 is 0 Å². The van der Waals surface area contributed by atoms with Gasteiger partial charge in [0.05, 0.1) is 21.4 Å². The fourth-order valence-electron chi connectivity index (χ4n) is 5.12. The van der Waals surface area contributed by atoms with Crippen molar-refractivity contribution in [2.24, 2.45) is 11.8 Å². The predicted octanol–water partition coefficient (Wildman–Crippen LogP) is 4.70. The van der Waals surface area contributed by atoms with Gasteiger partial charge in [0.2, 0.25) is 0 Å². The molecule has 2 aromatic heterocycles. The fraction of sp³-hybridized carbons (Fsp3) is 0.259. The number of aromatic nitrogens is 2. The first-order valence-electron chi connectivity index (χ1n) is 11.7. The fourth-order valence-corrected chi connectivity index (χ4v) is 6.02. The van der Waals surface area contributed by atoms with Gasteiger partial charge >= 0.3 is 0 Å². The second kappa shape index (κ2) is 8.53. The van der Waals surface area contributed by atoms with Gasteiger partial charge in [-0.15, -0.1) is 11.3 Å². The quantitative estimate of drug-likeness (QED) is 0.444. The van der Waals surface area contributed by atoms with Gasteiger partial charge in [-0.05, 0) is 67.1 Å². The molecule has 3 atom stereocenters. The molecule has 0 unspecified atom stereocenters. The Balaban J connectivity index is 1.21. The number of aryl methyl sites for hydroxylation is 1. The minimum Gasteiger partial charge on any atom is -0.350 e. The Morgan fingerprint density at radius 3 is 2.91 bits per heavy atom. The summed E-state index contributed by atoms with van der Waals surface area (Å²) < 4.78 is 13.9. The van der Waals surface area contributed by atoms with Gasteiger partial charge in [0, 0.05) is 30.2 Å². The van der Waals surface area contributed by atoms with Crippen LogP contribution in [0, 0.1) is 24.6 Å². The molecule has 1 N–H and O–H groups in total. The summed E-state index contributed by atoms with van der Waals surface area (Å²) in [6, 6.07) is 15.4. The first-order chi connectivity index (χ1) is 17.0. The summed E-state index contributed by atoms with van der Waals surface area (Å²) in [5.74, 6) is 0.177. The molecule has 0 bridgehead atoms. The molecule has 6 nitrogen and oxygen atoms in total. The summed E-state index contributed by atoms with van der Waals surface area (Å²) in [6.07, 6.45) is 2.79. The van der Waals surface area contributed by atoms with Gasteiger partial charge in [0.25, 0.3) is 11.8 Å². The normalized spacial score (nSPS) is 20.6. The Morgan fingerprint density at radius 1 is 1.17 bits per heavy atom. The van der Waals surface area contributed by atoms with E-state index in [1.54, 1.807) is 24.4 Å². The molecule has 2 fully saturated rings. The highest BCUT2D eigenvalue weighted by Crippen LogP contribution is 2.50. The Hall–Kier alpha value is -3.65. The molecule has 1 saturated carbocycles. The summed E-state index contributed by atoms with van der Waals surface area (Å²) in [5, 5.41) is 4.70. The number of piperidine rings is 1. The Kier molecular flexibility index (Phi) is 5.33. The van der Waals surface area contributed by atoms with E-state index in [1.165, 1.54) is 23.5 Å². The van der Waals surface area contributed by atoms with Crippen LogP contribution in [0.5, 0.6) is 0 Å². The average Bonchev–Trinajstić information content (AvgIpc) is 3.38. The molecule has 0 radical (unpaired) electrons. The van der Waals surface area contributed by atoms with Gasteiger partial charge in [-0.2, -0.15) is 0 Å². The van der Waals surface area contributed by atoms with E-state index in [4.69, 9.17) is 0 Å². The maximum atomic E-state index is 13.9. The van der Waals surface area contributed by atoms with Crippen molar-refractivity contribution in [3.63, 3.8) is 0 Å². The molecule has 2 amide bonds. The second-order valence-corrected chi connectivity index (χ2v) is 10.4. The SMILES string of the molecule is Cc1nc(C(=O)N2C[C@H]3C[C@H]3[C@H]2CNC(=O)c2ccc3ncccc3c2)c(-c2cccc(F)c2)s1. The van der Waals surface area contributed by atoms with E-state index in [0.29, 0.717) is 46.6 Å². The number of benzene rings is 2. The van der Waals surface area contributed by atoms with Crippen molar-refractivity contribution in [1.29, 1.82) is 0 Å². The minimum absolute atomic E-state index is 0.0825. The summed E-state index contributed by atoms with van der Waals surface area (Å²) >= 11 is 1.39. The van der Waals surface area contributed by atoms with Crippen molar-refractivity contribution in [3.05, 3.63) is 82.9 Å². The average molecular weight is 487 g/mol. The third-order valence-corrected chi connectivity index (χ3v) is 7.94. The van der Waals surface area contributed by atoms with E-state index in [9.17, 15) is 14.0 Å². The van der Waals surface area contributed by atoms with Crippen LogP contribution < -0.4 is 5.32 Å². The van der Waals surface area contributed by atoms with Crippen LogP contribution in [0.15, 0.2) is 60.8 Å². The maximum absolute atomic E-state index is 13.9.